The standard InChI is InChI=1S/C15H17NO3/c1-18-14-4-2-3-5-15(14)19-12-8-6-11(7-9-12)13(17)10-16/h2-9,13,17H,10,16H2,1H3. The second-order valence-corrected chi connectivity index (χ2v) is 4.07. The Hall–Kier alpha value is -2.04. The van der Waals surface area contributed by atoms with Crippen LogP contribution in [0.5, 0.6) is 17.2 Å². The first kappa shape index (κ1) is 13.4. The van der Waals surface area contributed by atoms with Gasteiger partial charge in [0, 0.05) is 6.54 Å². The molecule has 0 aromatic heterocycles. The average Bonchev–Trinajstić information content (AvgIpc) is 2.48. The topological polar surface area (TPSA) is 64.7 Å². The number of ether oxygens (including phenoxy) is 2. The van der Waals surface area contributed by atoms with Crippen molar-refractivity contribution < 1.29 is 14.6 Å². The normalized spacial score (nSPS) is 11.9. The third-order valence-corrected chi connectivity index (χ3v) is 2.79. The highest BCUT2D eigenvalue weighted by Crippen LogP contribution is 2.31. The van der Waals surface area contributed by atoms with Crippen molar-refractivity contribution in [2.75, 3.05) is 13.7 Å². The third kappa shape index (κ3) is 3.24. The van der Waals surface area contributed by atoms with E-state index in [-0.39, 0.29) is 6.54 Å². The van der Waals surface area contributed by atoms with Crippen LogP contribution < -0.4 is 15.2 Å². The third-order valence-electron chi connectivity index (χ3n) is 2.79. The minimum Gasteiger partial charge on any atom is -0.493 e. The Balaban J connectivity index is 2.15. The summed E-state index contributed by atoms with van der Waals surface area (Å²) in [4.78, 5) is 0. The fraction of sp³-hybridized carbons (Fsp3) is 0.200. The van der Waals surface area contributed by atoms with Crippen LogP contribution >= 0.6 is 0 Å². The minimum absolute atomic E-state index is 0.201. The molecule has 2 rings (SSSR count). The maximum absolute atomic E-state index is 9.61. The van der Waals surface area contributed by atoms with Gasteiger partial charge in [-0.25, -0.2) is 0 Å². The average molecular weight is 259 g/mol. The molecule has 0 heterocycles. The zero-order chi connectivity index (χ0) is 13.7. The molecule has 0 saturated carbocycles. The van der Waals surface area contributed by atoms with E-state index < -0.39 is 6.10 Å². The maximum atomic E-state index is 9.61. The smallest absolute Gasteiger partial charge is 0.169 e. The van der Waals surface area contributed by atoms with Crippen LogP contribution in [0.4, 0.5) is 0 Å². The lowest BCUT2D eigenvalue weighted by molar-refractivity contribution is 0.186. The summed E-state index contributed by atoms with van der Waals surface area (Å²) < 4.78 is 10.9. The number of methoxy groups -OCH3 is 1. The van der Waals surface area contributed by atoms with Gasteiger partial charge >= 0.3 is 0 Å². The van der Waals surface area contributed by atoms with E-state index in [1.807, 2.05) is 24.3 Å². The molecule has 100 valence electrons. The predicted octanol–water partition coefficient (Wildman–Crippen LogP) is 2.48. The molecule has 1 unspecified atom stereocenters. The van der Waals surface area contributed by atoms with Gasteiger partial charge in [0.25, 0.3) is 0 Å². The zero-order valence-electron chi connectivity index (χ0n) is 10.7. The highest BCUT2D eigenvalue weighted by molar-refractivity contribution is 5.43. The quantitative estimate of drug-likeness (QED) is 0.865. The molecule has 1 atom stereocenters. The van der Waals surface area contributed by atoms with Crippen LogP contribution in [0.1, 0.15) is 11.7 Å². The summed E-state index contributed by atoms with van der Waals surface area (Å²) in [5.74, 6) is 2.00. The summed E-state index contributed by atoms with van der Waals surface area (Å²) >= 11 is 0. The van der Waals surface area contributed by atoms with Crippen molar-refractivity contribution in [2.24, 2.45) is 5.73 Å². The molecular formula is C15H17NO3. The molecule has 2 aromatic carbocycles. The highest BCUT2D eigenvalue weighted by Gasteiger charge is 2.07. The number of aliphatic hydroxyl groups is 1. The number of benzene rings is 2. The summed E-state index contributed by atoms with van der Waals surface area (Å²) in [5.41, 5.74) is 6.18. The molecule has 0 aliphatic carbocycles. The molecule has 0 aliphatic heterocycles. The Morgan fingerprint density at radius 3 is 2.26 bits per heavy atom. The first-order valence-electron chi connectivity index (χ1n) is 6.03. The fourth-order valence-electron chi connectivity index (χ4n) is 1.72. The lowest BCUT2D eigenvalue weighted by Gasteiger charge is -2.11. The molecule has 0 radical (unpaired) electrons. The Kier molecular flexibility index (Phi) is 4.39. The minimum atomic E-state index is -0.639. The zero-order valence-corrected chi connectivity index (χ0v) is 10.7. The molecule has 0 fully saturated rings. The van der Waals surface area contributed by atoms with Crippen molar-refractivity contribution in [2.45, 2.75) is 6.10 Å². The lowest BCUT2D eigenvalue weighted by atomic mass is 10.1. The van der Waals surface area contributed by atoms with Gasteiger partial charge in [-0.15, -0.1) is 0 Å². The summed E-state index contributed by atoms with van der Waals surface area (Å²) in [6.07, 6.45) is -0.639. The van der Waals surface area contributed by atoms with Gasteiger partial charge in [-0.3, -0.25) is 0 Å². The number of para-hydroxylation sites is 2. The Morgan fingerprint density at radius 1 is 1.05 bits per heavy atom. The van der Waals surface area contributed by atoms with Gasteiger partial charge < -0.3 is 20.3 Å². The van der Waals surface area contributed by atoms with E-state index in [1.165, 1.54) is 0 Å². The first-order valence-corrected chi connectivity index (χ1v) is 6.03. The van der Waals surface area contributed by atoms with Gasteiger partial charge in [0.05, 0.1) is 13.2 Å². The first-order chi connectivity index (χ1) is 9.24. The summed E-state index contributed by atoms with van der Waals surface area (Å²) in [5, 5.41) is 9.61. The Labute approximate surface area is 112 Å². The molecule has 0 amide bonds. The van der Waals surface area contributed by atoms with Crippen molar-refractivity contribution in [3.63, 3.8) is 0 Å². The van der Waals surface area contributed by atoms with Crippen LogP contribution in [0, 0.1) is 0 Å². The predicted molar refractivity (Wildman–Crippen MR) is 73.5 cm³/mol. The molecule has 4 heteroatoms. The molecule has 0 spiro atoms. The summed E-state index contributed by atoms with van der Waals surface area (Å²) in [6.45, 7) is 0.201. The highest BCUT2D eigenvalue weighted by atomic mass is 16.5. The van der Waals surface area contributed by atoms with E-state index in [2.05, 4.69) is 0 Å². The summed E-state index contributed by atoms with van der Waals surface area (Å²) in [7, 11) is 1.60. The molecule has 0 aliphatic rings. The van der Waals surface area contributed by atoms with Gasteiger partial charge in [-0.05, 0) is 29.8 Å². The molecule has 3 N–H and O–H groups in total. The largest absolute Gasteiger partial charge is 0.493 e. The van der Waals surface area contributed by atoms with Crippen LogP contribution in [-0.4, -0.2) is 18.8 Å². The second kappa shape index (κ2) is 6.22. The number of hydrogen-bond donors (Lipinski definition) is 2. The summed E-state index contributed by atoms with van der Waals surface area (Å²) in [6, 6.07) is 14.6. The number of aliphatic hydroxyl groups excluding tert-OH is 1. The van der Waals surface area contributed by atoms with Crippen LogP contribution in [0.2, 0.25) is 0 Å². The molecule has 19 heavy (non-hydrogen) atoms. The number of rotatable bonds is 5. The number of hydrogen-bond acceptors (Lipinski definition) is 4. The molecule has 0 bridgehead atoms. The van der Waals surface area contributed by atoms with E-state index in [9.17, 15) is 5.11 Å². The maximum Gasteiger partial charge on any atom is 0.169 e. The van der Waals surface area contributed by atoms with E-state index in [0.29, 0.717) is 17.2 Å². The van der Waals surface area contributed by atoms with Crippen LogP contribution in [-0.2, 0) is 0 Å². The molecule has 2 aromatic rings. The number of nitrogens with two attached hydrogens (primary N) is 1. The SMILES string of the molecule is COc1ccccc1Oc1ccc(C(O)CN)cc1. The van der Waals surface area contributed by atoms with Crippen molar-refractivity contribution in [3.8, 4) is 17.2 Å². The Morgan fingerprint density at radius 2 is 1.68 bits per heavy atom. The van der Waals surface area contributed by atoms with Crippen molar-refractivity contribution in [1.82, 2.24) is 0 Å². The molecule has 4 nitrogen and oxygen atoms in total. The monoisotopic (exact) mass is 259 g/mol. The lowest BCUT2D eigenvalue weighted by Crippen LogP contribution is -2.11. The molecular weight excluding hydrogens is 242 g/mol. The fourth-order valence-corrected chi connectivity index (χ4v) is 1.72. The van der Waals surface area contributed by atoms with E-state index >= 15 is 0 Å². The van der Waals surface area contributed by atoms with E-state index in [4.69, 9.17) is 15.2 Å². The van der Waals surface area contributed by atoms with Crippen molar-refractivity contribution in [3.05, 3.63) is 54.1 Å². The van der Waals surface area contributed by atoms with Crippen molar-refractivity contribution >= 4 is 0 Å². The van der Waals surface area contributed by atoms with Gasteiger partial charge in [0.1, 0.15) is 5.75 Å². The van der Waals surface area contributed by atoms with Gasteiger partial charge in [-0.1, -0.05) is 24.3 Å². The Bertz CT molecular complexity index is 525. The van der Waals surface area contributed by atoms with Crippen LogP contribution in [0.25, 0.3) is 0 Å². The van der Waals surface area contributed by atoms with Gasteiger partial charge in [0.15, 0.2) is 11.5 Å². The van der Waals surface area contributed by atoms with Crippen molar-refractivity contribution in [1.29, 1.82) is 0 Å². The van der Waals surface area contributed by atoms with E-state index in [1.54, 1.807) is 31.4 Å². The molecule has 0 saturated heterocycles. The van der Waals surface area contributed by atoms with Gasteiger partial charge in [-0.2, -0.15) is 0 Å². The van der Waals surface area contributed by atoms with E-state index in [0.717, 1.165) is 5.56 Å². The second-order valence-electron chi connectivity index (χ2n) is 4.07. The van der Waals surface area contributed by atoms with Crippen LogP contribution in [0.15, 0.2) is 48.5 Å². The van der Waals surface area contributed by atoms with Crippen LogP contribution in [0.3, 0.4) is 0 Å². The van der Waals surface area contributed by atoms with Gasteiger partial charge in [0.2, 0.25) is 0 Å².